The standard InChI is InChI=1S/C15H21BrN2O2.ClH/c1-10(20-14-5-3-2-4-13(14)16)9-18-15(19)11-6-7-12(17)8-11;/h2-5,10-12H,6-9,17H2,1H3,(H,18,19);1H. The first-order chi connectivity index (χ1) is 9.56. The van der Waals surface area contributed by atoms with Crippen LogP contribution in [0.15, 0.2) is 28.7 Å². The third-order valence-corrected chi connectivity index (χ3v) is 4.23. The second-order valence-corrected chi connectivity index (χ2v) is 6.23. The van der Waals surface area contributed by atoms with Crippen LogP contribution in [0.2, 0.25) is 0 Å². The summed E-state index contributed by atoms with van der Waals surface area (Å²) in [5.41, 5.74) is 5.83. The highest BCUT2D eigenvalue weighted by molar-refractivity contribution is 9.10. The molecule has 1 aromatic rings. The molecular formula is C15H22BrClN2O2. The van der Waals surface area contributed by atoms with E-state index >= 15 is 0 Å². The van der Waals surface area contributed by atoms with E-state index in [1.54, 1.807) is 0 Å². The number of ether oxygens (including phenoxy) is 1. The highest BCUT2D eigenvalue weighted by Crippen LogP contribution is 2.25. The lowest BCUT2D eigenvalue weighted by molar-refractivity contribution is -0.125. The third kappa shape index (κ3) is 5.49. The van der Waals surface area contributed by atoms with Crippen LogP contribution in [0.3, 0.4) is 0 Å². The minimum Gasteiger partial charge on any atom is -0.488 e. The zero-order chi connectivity index (χ0) is 14.5. The quantitative estimate of drug-likeness (QED) is 0.829. The molecular weight excluding hydrogens is 356 g/mol. The van der Waals surface area contributed by atoms with E-state index in [0.717, 1.165) is 29.5 Å². The fourth-order valence-electron chi connectivity index (χ4n) is 2.44. The summed E-state index contributed by atoms with van der Waals surface area (Å²) in [4.78, 5) is 12.0. The van der Waals surface area contributed by atoms with E-state index < -0.39 is 0 Å². The second kappa shape index (κ2) is 8.61. The van der Waals surface area contributed by atoms with Gasteiger partial charge in [0, 0.05) is 12.0 Å². The lowest BCUT2D eigenvalue weighted by Crippen LogP contribution is -2.37. The highest BCUT2D eigenvalue weighted by atomic mass is 79.9. The Bertz CT molecular complexity index is 473. The van der Waals surface area contributed by atoms with E-state index in [1.165, 1.54) is 0 Å². The molecule has 2 rings (SSSR count). The second-order valence-electron chi connectivity index (χ2n) is 5.37. The Morgan fingerprint density at radius 3 is 2.81 bits per heavy atom. The number of amides is 1. The van der Waals surface area contributed by atoms with Crippen molar-refractivity contribution in [2.24, 2.45) is 11.7 Å². The third-order valence-electron chi connectivity index (χ3n) is 3.57. The summed E-state index contributed by atoms with van der Waals surface area (Å²) in [6.45, 7) is 2.45. The van der Waals surface area contributed by atoms with Gasteiger partial charge in [-0.25, -0.2) is 0 Å². The van der Waals surface area contributed by atoms with Crippen LogP contribution in [-0.4, -0.2) is 24.6 Å². The number of para-hydroxylation sites is 1. The van der Waals surface area contributed by atoms with Crippen molar-refractivity contribution in [3.63, 3.8) is 0 Å². The van der Waals surface area contributed by atoms with Crippen LogP contribution in [0, 0.1) is 5.92 Å². The van der Waals surface area contributed by atoms with Gasteiger partial charge in [-0.3, -0.25) is 4.79 Å². The smallest absolute Gasteiger partial charge is 0.223 e. The normalized spacial score (nSPS) is 22.2. The van der Waals surface area contributed by atoms with Crippen molar-refractivity contribution in [1.29, 1.82) is 0 Å². The molecule has 0 bridgehead atoms. The Labute approximate surface area is 140 Å². The van der Waals surface area contributed by atoms with E-state index in [4.69, 9.17) is 10.5 Å². The van der Waals surface area contributed by atoms with Crippen LogP contribution in [0.5, 0.6) is 5.75 Å². The molecule has 0 aliphatic heterocycles. The average Bonchev–Trinajstić information content (AvgIpc) is 2.85. The Hall–Kier alpha value is -0.780. The van der Waals surface area contributed by atoms with Crippen molar-refractivity contribution in [1.82, 2.24) is 5.32 Å². The van der Waals surface area contributed by atoms with Gasteiger partial charge >= 0.3 is 0 Å². The van der Waals surface area contributed by atoms with Gasteiger partial charge in [0.1, 0.15) is 11.9 Å². The van der Waals surface area contributed by atoms with Crippen LogP contribution in [0.1, 0.15) is 26.2 Å². The van der Waals surface area contributed by atoms with E-state index in [-0.39, 0.29) is 36.4 Å². The predicted molar refractivity (Wildman–Crippen MR) is 89.8 cm³/mol. The largest absolute Gasteiger partial charge is 0.488 e. The molecule has 1 amide bonds. The summed E-state index contributed by atoms with van der Waals surface area (Å²) in [6, 6.07) is 7.87. The summed E-state index contributed by atoms with van der Waals surface area (Å²) in [6.07, 6.45) is 2.56. The van der Waals surface area contributed by atoms with Gasteiger partial charge in [-0.1, -0.05) is 12.1 Å². The molecule has 1 aliphatic carbocycles. The zero-order valence-corrected chi connectivity index (χ0v) is 14.5. The minimum absolute atomic E-state index is 0. The van der Waals surface area contributed by atoms with E-state index in [0.29, 0.717) is 6.54 Å². The predicted octanol–water partition coefficient (Wildman–Crippen LogP) is 2.88. The number of carbonyl (C=O) groups excluding carboxylic acids is 1. The summed E-state index contributed by atoms with van der Waals surface area (Å²) in [7, 11) is 0. The van der Waals surface area contributed by atoms with E-state index in [2.05, 4.69) is 21.2 Å². The molecule has 6 heteroatoms. The van der Waals surface area contributed by atoms with Gasteiger partial charge in [0.15, 0.2) is 0 Å². The van der Waals surface area contributed by atoms with Crippen molar-refractivity contribution in [3.8, 4) is 5.75 Å². The molecule has 0 saturated heterocycles. The van der Waals surface area contributed by atoms with Crippen LogP contribution >= 0.6 is 28.3 Å². The number of hydrogen-bond acceptors (Lipinski definition) is 3. The number of halogens is 2. The molecule has 1 fully saturated rings. The van der Waals surface area contributed by atoms with Crippen LogP contribution in [0.4, 0.5) is 0 Å². The lowest BCUT2D eigenvalue weighted by atomic mass is 10.1. The monoisotopic (exact) mass is 376 g/mol. The number of nitrogens with two attached hydrogens (primary N) is 1. The maximum absolute atomic E-state index is 12.0. The minimum atomic E-state index is -0.0762. The number of benzene rings is 1. The van der Waals surface area contributed by atoms with Crippen LogP contribution in [0.25, 0.3) is 0 Å². The van der Waals surface area contributed by atoms with E-state index in [1.807, 2.05) is 31.2 Å². The van der Waals surface area contributed by atoms with Crippen molar-refractivity contribution in [3.05, 3.63) is 28.7 Å². The van der Waals surface area contributed by atoms with Crippen LogP contribution < -0.4 is 15.8 Å². The molecule has 4 nitrogen and oxygen atoms in total. The number of rotatable bonds is 5. The Morgan fingerprint density at radius 2 is 2.19 bits per heavy atom. The van der Waals surface area contributed by atoms with Gasteiger partial charge in [-0.2, -0.15) is 0 Å². The first-order valence-electron chi connectivity index (χ1n) is 7.00. The van der Waals surface area contributed by atoms with Crippen molar-refractivity contribution >= 4 is 34.2 Å². The van der Waals surface area contributed by atoms with E-state index in [9.17, 15) is 4.79 Å². The summed E-state index contributed by atoms with van der Waals surface area (Å²) < 4.78 is 6.71. The van der Waals surface area contributed by atoms with Crippen molar-refractivity contribution in [2.45, 2.75) is 38.3 Å². The number of hydrogen-bond donors (Lipinski definition) is 2. The molecule has 0 heterocycles. The summed E-state index contributed by atoms with van der Waals surface area (Å²) >= 11 is 3.44. The molecule has 1 saturated carbocycles. The molecule has 3 N–H and O–H groups in total. The molecule has 21 heavy (non-hydrogen) atoms. The van der Waals surface area contributed by atoms with Gasteiger partial charge in [0.05, 0.1) is 11.0 Å². The maximum atomic E-state index is 12.0. The molecule has 0 radical (unpaired) electrons. The molecule has 118 valence electrons. The highest BCUT2D eigenvalue weighted by Gasteiger charge is 2.27. The number of nitrogens with one attached hydrogen (secondary N) is 1. The van der Waals surface area contributed by atoms with Gasteiger partial charge in [-0.05, 0) is 54.2 Å². The SMILES string of the molecule is CC(CNC(=O)C1CCC(N)C1)Oc1ccccc1Br.Cl. The van der Waals surface area contributed by atoms with Gasteiger partial charge < -0.3 is 15.8 Å². The first-order valence-corrected chi connectivity index (χ1v) is 7.80. The average molecular weight is 378 g/mol. The Balaban J connectivity index is 0.00000220. The molecule has 0 spiro atoms. The fourth-order valence-corrected chi connectivity index (χ4v) is 2.82. The van der Waals surface area contributed by atoms with Gasteiger partial charge in [0.25, 0.3) is 0 Å². The fraction of sp³-hybridized carbons (Fsp3) is 0.533. The van der Waals surface area contributed by atoms with Crippen molar-refractivity contribution < 1.29 is 9.53 Å². The van der Waals surface area contributed by atoms with Crippen LogP contribution in [-0.2, 0) is 4.79 Å². The summed E-state index contributed by atoms with van der Waals surface area (Å²) in [5, 5.41) is 2.95. The van der Waals surface area contributed by atoms with Gasteiger partial charge in [-0.15, -0.1) is 12.4 Å². The number of carbonyl (C=O) groups is 1. The Morgan fingerprint density at radius 1 is 1.48 bits per heavy atom. The topological polar surface area (TPSA) is 64.4 Å². The molecule has 3 atom stereocenters. The lowest BCUT2D eigenvalue weighted by Gasteiger charge is -2.18. The molecule has 1 aromatic carbocycles. The summed E-state index contributed by atoms with van der Waals surface area (Å²) in [5.74, 6) is 0.957. The zero-order valence-electron chi connectivity index (χ0n) is 12.0. The molecule has 1 aliphatic rings. The maximum Gasteiger partial charge on any atom is 0.223 e. The molecule has 3 unspecified atom stereocenters. The first kappa shape index (κ1) is 18.3. The Kier molecular flexibility index (Phi) is 7.49. The molecule has 0 aromatic heterocycles. The van der Waals surface area contributed by atoms with Crippen molar-refractivity contribution in [2.75, 3.05) is 6.54 Å². The van der Waals surface area contributed by atoms with Gasteiger partial charge in [0.2, 0.25) is 5.91 Å².